The van der Waals surface area contributed by atoms with E-state index in [-0.39, 0.29) is 12.5 Å². The Morgan fingerprint density at radius 2 is 2.06 bits per heavy atom. The van der Waals surface area contributed by atoms with Crippen LogP contribution < -0.4 is 5.32 Å². The Morgan fingerprint density at radius 1 is 1.44 bits per heavy atom. The molecule has 0 aliphatic rings. The molecule has 2 atom stereocenters. The number of nitrogens with one attached hydrogen (secondary N) is 1. The van der Waals surface area contributed by atoms with Gasteiger partial charge in [0.15, 0.2) is 0 Å². The third-order valence-corrected chi connectivity index (χ3v) is 2.20. The molecule has 3 N–H and O–H groups in total. The predicted octanol–water partition coefficient (Wildman–Crippen LogP) is 0.324. The summed E-state index contributed by atoms with van der Waals surface area (Å²) in [7, 11) is 0. The van der Waals surface area contributed by atoms with Gasteiger partial charge in [0.05, 0.1) is 18.8 Å². The van der Waals surface area contributed by atoms with Gasteiger partial charge in [-0.1, -0.05) is 24.3 Å². The number of benzene rings is 1. The first kappa shape index (κ1) is 12.4. The minimum absolute atomic E-state index is 0.333. The Labute approximate surface area is 94.2 Å². The Balaban J connectivity index is 2.66. The lowest BCUT2D eigenvalue weighted by atomic mass is 10.1. The number of aliphatic hydroxyl groups is 2. The van der Waals surface area contributed by atoms with Crippen molar-refractivity contribution in [2.75, 3.05) is 6.61 Å². The molecule has 4 heteroatoms. The highest BCUT2D eigenvalue weighted by atomic mass is 16.3. The lowest BCUT2D eigenvalue weighted by Crippen LogP contribution is -2.45. The average molecular weight is 221 g/mol. The molecule has 0 spiro atoms. The molecule has 1 aromatic rings. The number of carbonyl (C=O) groups is 1. The number of carbonyl (C=O) groups excluding carboxylic acids is 1. The summed E-state index contributed by atoms with van der Waals surface area (Å²) in [6, 6.07) is 7.87. The second kappa shape index (κ2) is 6.05. The van der Waals surface area contributed by atoms with Gasteiger partial charge in [-0.3, -0.25) is 4.79 Å². The normalized spacial score (nSPS) is 13.9. The molecule has 0 aliphatic carbocycles. The van der Waals surface area contributed by atoms with Crippen molar-refractivity contribution in [3.63, 3.8) is 0 Å². The van der Waals surface area contributed by atoms with Gasteiger partial charge in [-0.25, -0.2) is 0 Å². The van der Waals surface area contributed by atoms with Gasteiger partial charge in [0.25, 0.3) is 5.91 Å². The smallest absolute Gasteiger partial charge is 0.251 e. The van der Waals surface area contributed by atoms with E-state index in [2.05, 4.69) is 11.9 Å². The molecule has 0 aliphatic heterocycles. The first-order valence-electron chi connectivity index (χ1n) is 4.96. The lowest BCUT2D eigenvalue weighted by Gasteiger charge is -2.19. The first-order valence-corrected chi connectivity index (χ1v) is 4.96. The van der Waals surface area contributed by atoms with Crippen LogP contribution in [0.15, 0.2) is 43.0 Å². The highest BCUT2D eigenvalue weighted by molar-refractivity contribution is 5.94. The fourth-order valence-electron chi connectivity index (χ4n) is 1.24. The van der Waals surface area contributed by atoms with E-state index in [9.17, 15) is 9.90 Å². The fraction of sp³-hybridized carbons (Fsp3) is 0.250. The number of aliphatic hydroxyl groups excluding tert-OH is 2. The molecule has 16 heavy (non-hydrogen) atoms. The summed E-state index contributed by atoms with van der Waals surface area (Å²) in [6.45, 7) is 3.06. The van der Waals surface area contributed by atoms with Crippen molar-refractivity contribution >= 4 is 5.91 Å². The second-order valence-electron chi connectivity index (χ2n) is 3.35. The topological polar surface area (TPSA) is 69.6 Å². The molecule has 0 unspecified atom stereocenters. The van der Waals surface area contributed by atoms with Crippen LogP contribution in [0.1, 0.15) is 10.4 Å². The maximum atomic E-state index is 11.7. The van der Waals surface area contributed by atoms with E-state index in [0.717, 1.165) is 0 Å². The van der Waals surface area contributed by atoms with Crippen LogP contribution in [0.3, 0.4) is 0 Å². The monoisotopic (exact) mass is 221 g/mol. The molecule has 0 radical (unpaired) electrons. The molecule has 1 aromatic carbocycles. The van der Waals surface area contributed by atoms with Gasteiger partial charge in [0, 0.05) is 5.56 Å². The quantitative estimate of drug-likeness (QED) is 0.627. The zero-order valence-electron chi connectivity index (χ0n) is 8.84. The summed E-state index contributed by atoms with van der Waals surface area (Å²) in [5.74, 6) is -0.333. The Morgan fingerprint density at radius 3 is 2.56 bits per heavy atom. The van der Waals surface area contributed by atoms with Gasteiger partial charge >= 0.3 is 0 Å². The molecule has 86 valence electrons. The number of hydrogen-bond acceptors (Lipinski definition) is 3. The van der Waals surface area contributed by atoms with Crippen LogP contribution in [0, 0.1) is 0 Å². The fourth-order valence-corrected chi connectivity index (χ4v) is 1.24. The van der Waals surface area contributed by atoms with E-state index in [1.807, 2.05) is 0 Å². The van der Waals surface area contributed by atoms with Gasteiger partial charge in [-0.2, -0.15) is 0 Å². The van der Waals surface area contributed by atoms with Crippen LogP contribution in [0.5, 0.6) is 0 Å². The number of hydrogen-bond donors (Lipinski definition) is 3. The summed E-state index contributed by atoms with van der Waals surface area (Å²) < 4.78 is 0. The summed E-state index contributed by atoms with van der Waals surface area (Å²) in [5.41, 5.74) is 0.484. The third-order valence-electron chi connectivity index (χ3n) is 2.20. The van der Waals surface area contributed by atoms with E-state index in [1.54, 1.807) is 30.3 Å². The maximum Gasteiger partial charge on any atom is 0.251 e. The van der Waals surface area contributed by atoms with Gasteiger partial charge < -0.3 is 15.5 Å². The van der Waals surface area contributed by atoms with Gasteiger partial charge in [0.1, 0.15) is 0 Å². The van der Waals surface area contributed by atoms with E-state index in [0.29, 0.717) is 5.56 Å². The van der Waals surface area contributed by atoms with Crippen molar-refractivity contribution in [1.82, 2.24) is 5.32 Å². The van der Waals surface area contributed by atoms with E-state index < -0.39 is 12.1 Å². The highest BCUT2D eigenvalue weighted by Gasteiger charge is 2.18. The summed E-state index contributed by atoms with van der Waals surface area (Å²) in [5, 5.41) is 20.9. The molecule has 1 rings (SSSR count). The van der Waals surface area contributed by atoms with Crippen LogP contribution in [0.4, 0.5) is 0 Å². The summed E-state index contributed by atoms with van der Waals surface area (Å²) >= 11 is 0. The maximum absolute atomic E-state index is 11.7. The lowest BCUT2D eigenvalue weighted by molar-refractivity contribution is 0.0812. The largest absolute Gasteiger partial charge is 0.394 e. The van der Waals surface area contributed by atoms with Gasteiger partial charge in [-0.05, 0) is 12.1 Å². The highest BCUT2D eigenvalue weighted by Crippen LogP contribution is 2.01. The number of amides is 1. The van der Waals surface area contributed by atoms with E-state index in [1.165, 1.54) is 6.08 Å². The Hall–Kier alpha value is -1.65. The zero-order valence-corrected chi connectivity index (χ0v) is 8.84. The summed E-state index contributed by atoms with van der Waals surface area (Å²) in [4.78, 5) is 11.7. The average Bonchev–Trinajstić information content (AvgIpc) is 2.35. The SMILES string of the molecule is C=C[C@H](O)[C@H](CO)NC(=O)c1ccccc1. The minimum atomic E-state index is -0.960. The summed E-state index contributed by atoms with van der Waals surface area (Å²) in [6.07, 6.45) is 0.310. The first-order chi connectivity index (χ1) is 7.69. The second-order valence-corrected chi connectivity index (χ2v) is 3.35. The van der Waals surface area contributed by atoms with Crippen molar-refractivity contribution in [1.29, 1.82) is 0 Å². The molecule has 0 aromatic heterocycles. The third kappa shape index (κ3) is 3.18. The van der Waals surface area contributed by atoms with Gasteiger partial charge in [-0.15, -0.1) is 6.58 Å². The van der Waals surface area contributed by atoms with Gasteiger partial charge in [0.2, 0.25) is 0 Å². The Bertz CT molecular complexity index is 351. The van der Waals surface area contributed by atoms with Crippen LogP contribution >= 0.6 is 0 Å². The van der Waals surface area contributed by atoms with Crippen LogP contribution in [-0.4, -0.2) is 34.9 Å². The van der Waals surface area contributed by atoms with E-state index >= 15 is 0 Å². The van der Waals surface area contributed by atoms with Crippen molar-refractivity contribution in [2.24, 2.45) is 0 Å². The molecular formula is C12H15NO3. The van der Waals surface area contributed by atoms with Crippen molar-refractivity contribution in [3.05, 3.63) is 48.6 Å². The molecule has 0 heterocycles. The van der Waals surface area contributed by atoms with Crippen molar-refractivity contribution in [2.45, 2.75) is 12.1 Å². The minimum Gasteiger partial charge on any atom is -0.394 e. The molecule has 0 saturated carbocycles. The molecular weight excluding hydrogens is 206 g/mol. The zero-order chi connectivity index (χ0) is 12.0. The number of rotatable bonds is 5. The van der Waals surface area contributed by atoms with Crippen molar-refractivity contribution in [3.8, 4) is 0 Å². The molecule has 4 nitrogen and oxygen atoms in total. The van der Waals surface area contributed by atoms with Crippen LogP contribution in [0.2, 0.25) is 0 Å². The molecule has 0 fully saturated rings. The molecule has 0 saturated heterocycles. The predicted molar refractivity (Wildman–Crippen MR) is 61.0 cm³/mol. The van der Waals surface area contributed by atoms with Crippen LogP contribution in [-0.2, 0) is 0 Å². The molecule has 0 bridgehead atoms. The van der Waals surface area contributed by atoms with Crippen LogP contribution in [0.25, 0.3) is 0 Å². The van der Waals surface area contributed by atoms with E-state index in [4.69, 9.17) is 5.11 Å². The Kier molecular flexibility index (Phi) is 4.69. The molecule has 1 amide bonds. The van der Waals surface area contributed by atoms with Crippen molar-refractivity contribution < 1.29 is 15.0 Å². The standard InChI is InChI=1S/C12H15NO3/c1-2-11(15)10(8-14)13-12(16)9-6-4-3-5-7-9/h2-7,10-11,14-15H,1,8H2,(H,13,16)/t10-,11-/m0/s1.